The quantitative estimate of drug-likeness (QED) is 0.0343. The predicted molar refractivity (Wildman–Crippen MR) is 303 cm³/mol. The summed E-state index contributed by atoms with van der Waals surface area (Å²) in [6, 6.07) is 0. The van der Waals surface area contributed by atoms with Gasteiger partial charge in [-0.25, -0.2) is 0 Å². The zero-order chi connectivity index (χ0) is 51.1. The third-order valence-corrected chi connectivity index (χ3v) is 14.7. The Kier molecular flexibility index (Phi) is 55.4. The molecular formula is C64H124O6. The van der Waals surface area contributed by atoms with Crippen molar-refractivity contribution < 1.29 is 28.6 Å². The second-order valence-corrected chi connectivity index (χ2v) is 23.0. The van der Waals surface area contributed by atoms with Gasteiger partial charge in [0.1, 0.15) is 13.2 Å². The zero-order valence-corrected chi connectivity index (χ0v) is 48.2. The summed E-state index contributed by atoms with van der Waals surface area (Å²) in [4.78, 5) is 38.3. The van der Waals surface area contributed by atoms with E-state index in [1.165, 1.54) is 250 Å². The summed E-state index contributed by atoms with van der Waals surface area (Å²) in [5, 5.41) is 0. The first kappa shape index (κ1) is 68.4. The minimum Gasteiger partial charge on any atom is -0.462 e. The van der Waals surface area contributed by atoms with Crippen molar-refractivity contribution in [1.82, 2.24) is 0 Å². The predicted octanol–water partition coefficient (Wildman–Crippen LogP) is 21.2. The molecule has 0 saturated carbocycles. The highest BCUT2D eigenvalue weighted by Gasteiger charge is 2.19. The van der Waals surface area contributed by atoms with E-state index in [4.69, 9.17) is 14.2 Å². The maximum Gasteiger partial charge on any atom is 0.306 e. The highest BCUT2D eigenvalue weighted by atomic mass is 16.6. The standard InChI is InChI=1S/C64H124O6/c1-6-7-8-9-10-11-12-13-14-15-19-24-29-34-39-44-49-54-62(65)68-57-61(70-64(67)56-51-46-41-36-31-26-21-23-28-33-38-43-48-53-60(4)5)58-69-63(66)55-50-45-40-35-30-25-20-17-16-18-22-27-32-37-42-47-52-59(2)3/h59-61H,6-58H2,1-5H3/t61-/m0/s1. The van der Waals surface area contributed by atoms with Gasteiger partial charge in [-0.1, -0.05) is 324 Å². The van der Waals surface area contributed by atoms with Crippen LogP contribution in [0.5, 0.6) is 0 Å². The van der Waals surface area contributed by atoms with Crippen molar-refractivity contribution in [3.8, 4) is 0 Å². The van der Waals surface area contributed by atoms with Gasteiger partial charge in [0.25, 0.3) is 0 Å². The molecule has 0 unspecified atom stereocenters. The molecule has 0 spiro atoms. The smallest absolute Gasteiger partial charge is 0.306 e. The molecule has 0 saturated heterocycles. The van der Waals surface area contributed by atoms with Gasteiger partial charge in [-0.05, 0) is 31.1 Å². The summed E-state index contributed by atoms with van der Waals surface area (Å²) < 4.78 is 17.0. The Morgan fingerprint density at radius 3 is 0.700 bits per heavy atom. The normalized spacial score (nSPS) is 12.0. The van der Waals surface area contributed by atoms with Gasteiger partial charge in [0.05, 0.1) is 0 Å². The lowest BCUT2D eigenvalue weighted by Crippen LogP contribution is -2.30. The molecule has 0 aromatic rings. The van der Waals surface area contributed by atoms with Crippen LogP contribution < -0.4 is 0 Å². The number of carbonyl (C=O) groups excluding carboxylic acids is 3. The van der Waals surface area contributed by atoms with Crippen LogP contribution in [-0.2, 0) is 28.6 Å². The highest BCUT2D eigenvalue weighted by Crippen LogP contribution is 2.19. The van der Waals surface area contributed by atoms with Crippen LogP contribution in [-0.4, -0.2) is 37.2 Å². The van der Waals surface area contributed by atoms with E-state index in [2.05, 4.69) is 34.6 Å². The van der Waals surface area contributed by atoms with Crippen molar-refractivity contribution >= 4 is 17.9 Å². The summed E-state index contributed by atoms with van der Waals surface area (Å²) in [5.41, 5.74) is 0. The molecule has 0 fully saturated rings. The molecule has 416 valence electrons. The fraction of sp³-hybridized carbons (Fsp3) is 0.953. The van der Waals surface area contributed by atoms with Crippen molar-refractivity contribution in [2.75, 3.05) is 13.2 Å². The van der Waals surface area contributed by atoms with Gasteiger partial charge in [0, 0.05) is 19.3 Å². The Bertz CT molecular complexity index is 1070. The van der Waals surface area contributed by atoms with Crippen molar-refractivity contribution in [3.05, 3.63) is 0 Å². The number of carbonyl (C=O) groups is 3. The zero-order valence-electron chi connectivity index (χ0n) is 48.2. The largest absolute Gasteiger partial charge is 0.462 e. The summed E-state index contributed by atoms with van der Waals surface area (Å²) in [6.45, 7) is 11.5. The van der Waals surface area contributed by atoms with E-state index in [0.717, 1.165) is 69.6 Å². The molecule has 0 N–H and O–H groups in total. The molecule has 0 heterocycles. The minimum atomic E-state index is -0.764. The third kappa shape index (κ3) is 57.3. The van der Waals surface area contributed by atoms with Crippen LogP contribution in [0.25, 0.3) is 0 Å². The van der Waals surface area contributed by atoms with Crippen molar-refractivity contribution in [3.63, 3.8) is 0 Å². The molecule has 6 nitrogen and oxygen atoms in total. The van der Waals surface area contributed by atoms with Crippen molar-refractivity contribution in [2.24, 2.45) is 11.8 Å². The number of rotatable bonds is 58. The highest BCUT2D eigenvalue weighted by molar-refractivity contribution is 5.71. The van der Waals surface area contributed by atoms with Crippen LogP contribution in [0, 0.1) is 11.8 Å². The lowest BCUT2D eigenvalue weighted by atomic mass is 10.0. The average molecular weight is 990 g/mol. The minimum absolute atomic E-state index is 0.0619. The second-order valence-electron chi connectivity index (χ2n) is 23.0. The maximum absolute atomic E-state index is 12.9. The molecule has 70 heavy (non-hydrogen) atoms. The van der Waals surface area contributed by atoms with Crippen LogP contribution in [0.3, 0.4) is 0 Å². The third-order valence-electron chi connectivity index (χ3n) is 14.7. The van der Waals surface area contributed by atoms with Crippen LogP contribution in [0.15, 0.2) is 0 Å². The molecule has 6 heteroatoms. The molecule has 0 aliphatic heterocycles. The average Bonchev–Trinajstić information content (AvgIpc) is 3.33. The molecular weight excluding hydrogens is 865 g/mol. The summed E-state index contributed by atoms with van der Waals surface area (Å²) in [5.74, 6) is 0.860. The lowest BCUT2D eigenvalue weighted by molar-refractivity contribution is -0.167. The molecule has 0 rings (SSSR count). The SMILES string of the molecule is CCCCCCCCCCCCCCCCCCCC(=O)OC[C@@H](COC(=O)CCCCCCCCCCCCCCCCCCC(C)C)OC(=O)CCCCCCCCCCCCCCCC(C)C. The van der Waals surface area contributed by atoms with E-state index >= 15 is 0 Å². The van der Waals surface area contributed by atoms with Crippen molar-refractivity contribution in [1.29, 1.82) is 0 Å². The van der Waals surface area contributed by atoms with E-state index < -0.39 is 6.10 Å². The summed E-state index contributed by atoms with van der Waals surface area (Å²) in [6.07, 6.45) is 62.4. The van der Waals surface area contributed by atoms with Gasteiger partial charge in [-0.15, -0.1) is 0 Å². The Balaban J connectivity index is 4.28. The number of ether oxygens (including phenoxy) is 3. The summed E-state index contributed by atoms with van der Waals surface area (Å²) in [7, 11) is 0. The molecule has 0 bridgehead atoms. The second kappa shape index (κ2) is 56.7. The van der Waals surface area contributed by atoms with Gasteiger partial charge in [0.2, 0.25) is 0 Å². The number of unbranched alkanes of at least 4 members (excludes halogenated alkanes) is 43. The Morgan fingerprint density at radius 2 is 0.471 bits per heavy atom. The summed E-state index contributed by atoms with van der Waals surface area (Å²) >= 11 is 0. The topological polar surface area (TPSA) is 78.9 Å². The molecule has 0 aromatic heterocycles. The Hall–Kier alpha value is -1.59. The maximum atomic E-state index is 12.9. The van der Waals surface area contributed by atoms with E-state index in [9.17, 15) is 14.4 Å². The molecule has 0 amide bonds. The molecule has 0 radical (unpaired) electrons. The first-order valence-corrected chi connectivity index (χ1v) is 31.7. The van der Waals surface area contributed by atoms with Gasteiger partial charge >= 0.3 is 17.9 Å². The monoisotopic (exact) mass is 989 g/mol. The molecule has 0 aliphatic carbocycles. The van der Waals surface area contributed by atoms with Gasteiger partial charge in [-0.3, -0.25) is 14.4 Å². The molecule has 1 atom stereocenters. The van der Waals surface area contributed by atoms with Crippen molar-refractivity contribution in [2.45, 2.75) is 368 Å². The lowest BCUT2D eigenvalue weighted by Gasteiger charge is -2.18. The number of hydrogen-bond acceptors (Lipinski definition) is 6. The van der Waals surface area contributed by atoms with Crippen LogP contribution in [0.4, 0.5) is 0 Å². The van der Waals surface area contributed by atoms with E-state index in [1.807, 2.05) is 0 Å². The van der Waals surface area contributed by atoms with Gasteiger partial charge in [-0.2, -0.15) is 0 Å². The van der Waals surface area contributed by atoms with E-state index in [0.29, 0.717) is 19.3 Å². The number of esters is 3. The van der Waals surface area contributed by atoms with Crippen LogP contribution >= 0.6 is 0 Å². The fourth-order valence-corrected chi connectivity index (χ4v) is 9.93. The first-order valence-electron chi connectivity index (χ1n) is 31.7. The fourth-order valence-electron chi connectivity index (χ4n) is 9.93. The van der Waals surface area contributed by atoms with Gasteiger partial charge in [0.15, 0.2) is 6.10 Å². The Morgan fingerprint density at radius 1 is 0.271 bits per heavy atom. The van der Waals surface area contributed by atoms with Crippen LogP contribution in [0.2, 0.25) is 0 Å². The van der Waals surface area contributed by atoms with Gasteiger partial charge < -0.3 is 14.2 Å². The molecule has 0 aromatic carbocycles. The number of hydrogen-bond donors (Lipinski definition) is 0. The first-order chi connectivity index (χ1) is 34.2. The van der Waals surface area contributed by atoms with Crippen LogP contribution in [0.1, 0.15) is 362 Å². The van der Waals surface area contributed by atoms with E-state index in [1.54, 1.807) is 0 Å². The molecule has 0 aliphatic rings. The Labute approximate surface area is 438 Å². The van der Waals surface area contributed by atoms with E-state index in [-0.39, 0.29) is 31.1 Å².